The molecular formula is C12H11N5O4. The van der Waals surface area contributed by atoms with Crippen LogP contribution in [0, 0.1) is 0 Å². The second-order valence-corrected chi connectivity index (χ2v) is 4.35. The summed E-state index contributed by atoms with van der Waals surface area (Å²) in [6.45, 7) is 1.41. The van der Waals surface area contributed by atoms with Crippen molar-refractivity contribution >= 4 is 11.6 Å². The molecule has 21 heavy (non-hydrogen) atoms. The van der Waals surface area contributed by atoms with Crippen LogP contribution in [-0.4, -0.2) is 35.4 Å². The summed E-state index contributed by atoms with van der Waals surface area (Å²) >= 11 is 0. The first-order valence-electron chi connectivity index (χ1n) is 6.22. The highest BCUT2D eigenvalue weighted by Gasteiger charge is 2.13. The molecule has 3 aromatic heterocycles. The molecule has 0 amide bonds. The number of carboxylic acids is 1. The molecule has 0 aliphatic carbocycles. The zero-order chi connectivity index (χ0) is 15.0. The largest absolute Gasteiger partial charge is 0.480 e. The lowest BCUT2D eigenvalue weighted by atomic mass is 10.3. The quantitative estimate of drug-likeness (QED) is 0.729. The van der Waals surface area contributed by atoms with Crippen molar-refractivity contribution in [1.29, 1.82) is 0 Å². The molecule has 0 unspecified atom stereocenters. The Balaban J connectivity index is 2.09. The first-order chi connectivity index (χ1) is 10.1. The van der Waals surface area contributed by atoms with E-state index in [1.165, 1.54) is 10.6 Å². The van der Waals surface area contributed by atoms with E-state index in [1.807, 2.05) is 6.92 Å². The second kappa shape index (κ2) is 4.85. The van der Waals surface area contributed by atoms with E-state index in [9.17, 15) is 9.59 Å². The monoisotopic (exact) mass is 289 g/mol. The number of pyridine rings is 1. The number of hydrogen-bond donors (Lipinski definition) is 1. The fraction of sp³-hybridized carbons (Fsp3) is 0.250. The van der Waals surface area contributed by atoms with Crippen molar-refractivity contribution in [1.82, 2.24) is 24.3 Å². The van der Waals surface area contributed by atoms with Gasteiger partial charge in [-0.05, 0) is 12.1 Å². The third-order valence-electron chi connectivity index (χ3n) is 2.89. The van der Waals surface area contributed by atoms with Gasteiger partial charge in [0.15, 0.2) is 11.5 Å². The van der Waals surface area contributed by atoms with Gasteiger partial charge in [0.05, 0.1) is 5.56 Å². The lowest BCUT2D eigenvalue weighted by Gasteiger charge is -1.94. The Morgan fingerprint density at radius 1 is 1.43 bits per heavy atom. The third kappa shape index (κ3) is 2.29. The topological polar surface area (TPSA) is 116 Å². The minimum atomic E-state index is -1.13. The van der Waals surface area contributed by atoms with Crippen molar-refractivity contribution in [3.8, 4) is 11.5 Å². The highest BCUT2D eigenvalue weighted by atomic mass is 16.5. The number of carbonyl (C=O) groups is 1. The number of carboxylic acid groups (broad SMARTS) is 1. The molecule has 3 aromatic rings. The Morgan fingerprint density at radius 2 is 2.24 bits per heavy atom. The number of aromatic nitrogens is 5. The van der Waals surface area contributed by atoms with Crippen LogP contribution >= 0.6 is 0 Å². The molecule has 0 saturated heterocycles. The third-order valence-corrected chi connectivity index (χ3v) is 2.89. The standard InChI is InChI=1S/C12H11N5O4/c1-2-8-13-11(21-15-8)7-3-4-9-14-17(6-10(18)19)12(20)16(9)5-7/h3-5H,2,6H2,1H3,(H,18,19). The Morgan fingerprint density at radius 3 is 2.90 bits per heavy atom. The van der Waals surface area contributed by atoms with Crippen LogP contribution in [0.1, 0.15) is 12.7 Å². The van der Waals surface area contributed by atoms with Crippen LogP contribution in [0.25, 0.3) is 17.1 Å². The maximum absolute atomic E-state index is 12.0. The molecule has 9 heteroatoms. The summed E-state index contributed by atoms with van der Waals surface area (Å²) in [6, 6.07) is 3.27. The molecule has 0 bridgehead atoms. The van der Waals surface area contributed by atoms with E-state index in [0.717, 1.165) is 4.68 Å². The molecule has 0 fully saturated rings. The van der Waals surface area contributed by atoms with Crippen molar-refractivity contribution in [2.75, 3.05) is 0 Å². The van der Waals surface area contributed by atoms with Crippen LogP contribution < -0.4 is 5.69 Å². The molecular weight excluding hydrogens is 278 g/mol. The van der Waals surface area contributed by atoms with Gasteiger partial charge < -0.3 is 9.63 Å². The van der Waals surface area contributed by atoms with E-state index in [0.29, 0.717) is 29.3 Å². The maximum Gasteiger partial charge on any atom is 0.350 e. The maximum atomic E-state index is 12.0. The molecule has 0 aromatic carbocycles. The highest BCUT2D eigenvalue weighted by molar-refractivity contribution is 5.66. The van der Waals surface area contributed by atoms with Crippen molar-refractivity contribution in [2.45, 2.75) is 19.9 Å². The van der Waals surface area contributed by atoms with Crippen molar-refractivity contribution < 1.29 is 14.4 Å². The minimum Gasteiger partial charge on any atom is -0.480 e. The van der Waals surface area contributed by atoms with Gasteiger partial charge in [-0.15, -0.1) is 5.10 Å². The van der Waals surface area contributed by atoms with Gasteiger partial charge >= 0.3 is 11.7 Å². The molecule has 0 aliphatic heterocycles. The van der Waals surface area contributed by atoms with Crippen LogP contribution in [-0.2, 0) is 17.8 Å². The number of hydrogen-bond acceptors (Lipinski definition) is 6. The fourth-order valence-electron chi connectivity index (χ4n) is 1.89. The minimum absolute atomic E-state index is 0.298. The zero-order valence-corrected chi connectivity index (χ0v) is 11.1. The Labute approximate surface area is 117 Å². The van der Waals surface area contributed by atoms with Gasteiger partial charge in [0.2, 0.25) is 0 Å². The van der Waals surface area contributed by atoms with Crippen LogP contribution in [0.2, 0.25) is 0 Å². The fourth-order valence-corrected chi connectivity index (χ4v) is 1.89. The van der Waals surface area contributed by atoms with Gasteiger partial charge in [0.1, 0.15) is 6.54 Å². The normalized spacial score (nSPS) is 11.1. The van der Waals surface area contributed by atoms with E-state index >= 15 is 0 Å². The first-order valence-corrected chi connectivity index (χ1v) is 6.22. The van der Waals surface area contributed by atoms with Crippen LogP contribution in [0.15, 0.2) is 27.6 Å². The van der Waals surface area contributed by atoms with Gasteiger partial charge in [-0.2, -0.15) is 4.98 Å². The molecule has 0 saturated carbocycles. The molecule has 3 heterocycles. The van der Waals surface area contributed by atoms with Crippen LogP contribution in [0.3, 0.4) is 0 Å². The average Bonchev–Trinajstić information content (AvgIpc) is 3.04. The summed E-state index contributed by atoms with van der Waals surface area (Å²) in [5.41, 5.74) is 0.372. The smallest absolute Gasteiger partial charge is 0.350 e. The number of nitrogens with zero attached hydrogens (tertiary/aromatic N) is 5. The first kappa shape index (κ1) is 13.0. The van der Waals surface area contributed by atoms with Gasteiger partial charge in [-0.3, -0.25) is 4.79 Å². The summed E-state index contributed by atoms with van der Waals surface area (Å²) in [5.74, 6) is -0.268. The van der Waals surface area contributed by atoms with Crippen LogP contribution in [0.4, 0.5) is 0 Å². The van der Waals surface area contributed by atoms with Gasteiger partial charge in [-0.1, -0.05) is 12.1 Å². The molecule has 9 nitrogen and oxygen atoms in total. The SMILES string of the molecule is CCc1noc(-c2ccc3nn(CC(=O)O)c(=O)n3c2)n1. The van der Waals surface area contributed by atoms with Crippen LogP contribution in [0.5, 0.6) is 0 Å². The van der Waals surface area contributed by atoms with E-state index in [-0.39, 0.29) is 0 Å². The molecule has 3 rings (SSSR count). The lowest BCUT2D eigenvalue weighted by molar-refractivity contribution is -0.137. The summed E-state index contributed by atoms with van der Waals surface area (Å²) < 4.78 is 7.23. The number of rotatable bonds is 4. The molecule has 108 valence electrons. The molecule has 1 N–H and O–H groups in total. The molecule has 0 spiro atoms. The summed E-state index contributed by atoms with van der Waals surface area (Å²) in [7, 11) is 0. The molecule has 0 atom stereocenters. The predicted octanol–water partition coefficient (Wildman–Crippen LogP) is 0.193. The van der Waals surface area contributed by atoms with Gasteiger partial charge in [0.25, 0.3) is 5.89 Å². The van der Waals surface area contributed by atoms with E-state index in [1.54, 1.807) is 12.1 Å². The van der Waals surface area contributed by atoms with Gasteiger partial charge in [-0.25, -0.2) is 13.9 Å². The van der Waals surface area contributed by atoms with Crippen molar-refractivity contribution in [2.24, 2.45) is 0 Å². The van der Waals surface area contributed by atoms with Crippen molar-refractivity contribution in [3.05, 3.63) is 34.6 Å². The Kier molecular flexibility index (Phi) is 3.01. The van der Waals surface area contributed by atoms with E-state index < -0.39 is 18.2 Å². The van der Waals surface area contributed by atoms with E-state index in [4.69, 9.17) is 9.63 Å². The number of aryl methyl sites for hydroxylation is 1. The van der Waals surface area contributed by atoms with Crippen molar-refractivity contribution in [3.63, 3.8) is 0 Å². The highest BCUT2D eigenvalue weighted by Crippen LogP contribution is 2.17. The van der Waals surface area contributed by atoms with Gasteiger partial charge in [0, 0.05) is 12.6 Å². The number of aliphatic carboxylic acids is 1. The summed E-state index contributed by atoms with van der Waals surface area (Å²) in [5, 5.41) is 16.5. The average molecular weight is 289 g/mol. The number of fused-ring (bicyclic) bond motifs is 1. The Bertz CT molecular complexity index is 875. The lowest BCUT2D eigenvalue weighted by Crippen LogP contribution is -2.24. The summed E-state index contributed by atoms with van der Waals surface area (Å²) in [4.78, 5) is 26.9. The molecule has 0 radical (unpaired) electrons. The molecule has 0 aliphatic rings. The van der Waals surface area contributed by atoms with E-state index in [2.05, 4.69) is 15.2 Å². The summed E-state index contributed by atoms with van der Waals surface area (Å²) in [6.07, 6.45) is 2.14. The zero-order valence-electron chi connectivity index (χ0n) is 11.1. The predicted molar refractivity (Wildman–Crippen MR) is 69.8 cm³/mol. The Hall–Kier alpha value is -2.97. The second-order valence-electron chi connectivity index (χ2n) is 4.35.